The van der Waals surface area contributed by atoms with Gasteiger partial charge in [-0.05, 0) is 49.2 Å². The van der Waals surface area contributed by atoms with Crippen LogP contribution in [0.2, 0.25) is 5.02 Å². The second kappa shape index (κ2) is 8.86. The first-order valence-corrected chi connectivity index (χ1v) is 8.06. The molecule has 0 aliphatic carbocycles. The number of hydrogen-bond acceptors (Lipinski definition) is 4. The molecule has 5 nitrogen and oxygen atoms in total. The average Bonchev–Trinajstić information content (AvgIpc) is 2.59. The van der Waals surface area contributed by atoms with Gasteiger partial charge >= 0.3 is 0 Å². The number of carbonyl (C=O) groups excluding carboxylic acids is 2. The van der Waals surface area contributed by atoms with Gasteiger partial charge in [0.1, 0.15) is 17.6 Å². The summed E-state index contributed by atoms with van der Waals surface area (Å²) in [5.41, 5.74) is 1.89. The van der Waals surface area contributed by atoms with Crippen molar-refractivity contribution >= 4 is 29.0 Å². The number of nitrogens with one attached hydrogen (secondary N) is 1. The quantitative estimate of drug-likeness (QED) is 0.819. The highest BCUT2D eigenvalue weighted by Gasteiger charge is 2.06. The second-order valence-corrected chi connectivity index (χ2v) is 5.90. The minimum atomic E-state index is -0.332. The molecule has 0 fully saturated rings. The molecule has 6 heteroatoms. The summed E-state index contributed by atoms with van der Waals surface area (Å²) in [4.78, 5) is 22.9. The Bertz CT molecular complexity index is 810. The summed E-state index contributed by atoms with van der Waals surface area (Å²) in [6, 6.07) is 13.9. The number of ketones is 1. The molecule has 25 heavy (non-hydrogen) atoms. The van der Waals surface area contributed by atoms with Crippen molar-refractivity contribution in [2.24, 2.45) is 0 Å². The number of Topliss-reactive ketones (excluding diaryl/α,β-unsaturated/α-hetero) is 1. The van der Waals surface area contributed by atoms with Crippen LogP contribution in [0.1, 0.15) is 24.5 Å². The highest BCUT2D eigenvalue weighted by atomic mass is 35.5. The second-order valence-electron chi connectivity index (χ2n) is 5.49. The van der Waals surface area contributed by atoms with E-state index in [1.54, 1.807) is 31.2 Å². The minimum Gasteiger partial charge on any atom is -0.484 e. The lowest BCUT2D eigenvalue weighted by atomic mass is 10.1. The van der Waals surface area contributed by atoms with Crippen molar-refractivity contribution in [2.45, 2.75) is 19.8 Å². The van der Waals surface area contributed by atoms with Crippen LogP contribution >= 0.6 is 11.6 Å². The lowest BCUT2D eigenvalue weighted by Crippen LogP contribution is -2.20. The van der Waals surface area contributed by atoms with Crippen molar-refractivity contribution in [2.75, 3.05) is 11.9 Å². The first-order chi connectivity index (χ1) is 12.0. The molecule has 0 saturated carbocycles. The summed E-state index contributed by atoms with van der Waals surface area (Å²) in [5.74, 6) is 0.390. The van der Waals surface area contributed by atoms with E-state index in [-0.39, 0.29) is 23.3 Å². The summed E-state index contributed by atoms with van der Waals surface area (Å²) >= 11 is 5.92. The van der Waals surface area contributed by atoms with Gasteiger partial charge in [0.05, 0.1) is 10.6 Å². The SMILES string of the molecule is CC(=O)CCc1ccc(OCC(=O)Nc2ccc(C#N)c(Cl)c2)cc1. The average molecular weight is 357 g/mol. The number of benzene rings is 2. The molecule has 0 spiro atoms. The normalized spacial score (nSPS) is 9.96. The highest BCUT2D eigenvalue weighted by Crippen LogP contribution is 2.20. The summed E-state index contributed by atoms with van der Waals surface area (Å²) < 4.78 is 5.43. The van der Waals surface area contributed by atoms with Crippen LogP contribution in [-0.4, -0.2) is 18.3 Å². The van der Waals surface area contributed by atoms with Crippen LogP contribution in [0.4, 0.5) is 5.69 Å². The first-order valence-electron chi connectivity index (χ1n) is 7.68. The molecule has 2 aromatic carbocycles. The maximum absolute atomic E-state index is 11.9. The molecule has 0 aromatic heterocycles. The molecular formula is C19H17ClN2O3. The van der Waals surface area contributed by atoms with Crippen LogP contribution in [0.25, 0.3) is 0 Å². The van der Waals surface area contributed by atoms with E-state index in [0.717, 1.165) is 5.56 Å². The molecule has 0 aliphatic heterocycles. The summed E-state index contributed by atoms with van der Waals surface area (Å²) in [6.45, 7) is 1.42. The Morgan fingerprint density at radius 3 is 2.52 bits per heavy atom. The van der Waals surface area contributed by atoms with Gasteiger partial charge in [0, 0.05) is 12.1 Å². The van der Waals surface area contributed by atoms with Crippen LogP contribution in [0.15, 0.2) is 42.5 Å². The summed E-state index contributed by atoms with van der Waals surface area (Å²) in [5, 5.41) is 11.8. The molecule has 0 aliphatic rings. The summed E-state index contributed by atoms with van der Waals surface area (Å²) in [7, 11) is 0. The third-order valence-corrected chi connectivity index (χ3v) is 3.75. The fourth-order valence-electron chi connectivity index (χ4n) is 2.10. The Hall–Kier alpha value is -2.84. The van der Waals surface area contributed by atoms with Gasteiger partial charge in [-0.3, -0.25) is 4.79 Å². The topological polar surface area (TPSA) is 79.2 Å². The smallest absolute Gasteiger partial charge is 0.262 e. The third-order valence-electron chi connectivity index (χ3n) is 3.43. The minimum absolute atomic E-state index is 0.148. The number of nitrogens with zero attached hydrogens (tertiary/aromatic N) is 1. The van der Waals surface area contributed by atoms with E-state index in [1.807, 2.05) is 18.2 Å². The number of carbonyl (C=O) groups is 2. The fourth-order valence-corrected chi connectivity index (χ4v) is 2.33. The van der Waals surface area contributed by atoms with E-state index in [0.29, 0.717) is 29.8 Å². The van der Waals surface area contributed by atoms with Crippen molar-refractivity contribution in [3.8, 4) is 11.8 Å². The first kappa shape index (κ1) is 18.5. The zero-order chi connectivity index (χ0) is 18.2. The lowest BCUT2D eigenvalue weighted by Gasteiger charge is -2.09. The van der Waals surface area contributed by atoms with Gasteiger partial charge < -0.3 is 14.8 Å². The zero-order valence-corrected chi connectivity index (χ0v) is 14.5. The van der Waals surface area contributed by atoms with Crippen LogP contribution in [0, 0.1) is 11.3 Å². The van der Waals surface area contributed by atoms with Crippen molar-refractivity contribution in [3.63, 3.8) is 0 Å². The van der Waals surface area contributed by atoms with E-state index in [2.05, 4.69) is 5.32 Å². The molecule has 0 bridgehead atoms. The van der Waals surface area contributed by atoms with Crippen LogP contribution in [-0.2, 0) is 16.0 Å². The largest absolute Gasteiger partial charge is 0.484 e. The van der Waals surface area contributed by atoms with Gasteiger partial charge in [-0.25, -0.2) is 0 Å². The van der Waals surface area contributed by atoms with Gasteiger partial charge in [0.2, 0.25) is 0 Å². The Morgan fingerprint density at radius 2 is 1.92 bits per heavy atom. The molecule has 0 saturated heterocycles. The summed E-state index contributed by atoms with van der Waals surface area (Å²) in [6.07, 6.45) is 1.20. The van der Waals surface area contributed by atoms with Crippen LogP contribution in [0.5, 0.6) is 5.75 Å². The Kier molecular flexibility index (Phi) is 6.55. The number of ether oxygens (including phenoxy) is 1. The maximum atomic E-state index is 11.9. The Balaban J connectivity index is 1.84. The van der Waals surface area contributed by atoms with Crippen molar-refractivity contribution in [1.29, 1.82) is 5.26 Å². The molecule has 1 N–H and O–H groups in total. The molecule has 0 radical (unpaired) electrons. The molecule has 2 rings (SSSR count). The van der Waals surface area contributed by atoms with Gasteiger partial charge in [0.25, 0.3) is 5.91 Å². The lowest BCUT2D eigenvalue weighted by molar-refractivity contribution is -0.118. The van der Waals surface area contributed by atoms with E-state index in [4.69, 9.17) is 21.6 Å². The van der Waals surface area contributed by atoms with Crippen LogP contribution in [0.3, 0.4) is 0 Å². The molecular weight excluding hydrogens is 340 g/mol. The number of nitriles is 1. The molecule has 1 amide bonds. The van der Waals surface area contributed by atoms with Crippen LogP contribution < -0.4 is 10.1 Å². The maximum Gasteiger partial charge on any atom is 0.262 e. The third kappa shape index (κ3) is 5.94. The Labute approximate surface area is 151 Å². The number of anilines is 1. The molecule has 0 atom stereocenters. The number of halogens is 1. The van der Waals surface area contributed by atoms with Gasteiger partial charge in [-0.15, -0.1) is 0 Å². The van der Waals surface area contributed by atoms with Gasteiger partial charge in [0.15, 0.2) is 6.61 Å². The van der Waals surface area contributed by atoms with Crippen molar-refractivity contribution in [1.82, 2.24) is 0 Å². The molecule has 2 aromatic rings. The molecule has 0 unspecified atom stereocenters. The van der Waals surface area contributed by atoms with Gasteiger partial charge in [-0.2, -0.15) is 5.26 Å². The zero-order valence-electron chi connectivity index (χ0n) is 13.7. The Morgan fingerprint density at radius 1 is 1.20 bits per heavy atom. The number of aryl methyl sites for hydroxylation is 1. The fraction of sp³-hybridized carbons (Fsp3) is 0.211. The predicted octanol–water partition coefficient (Wildman–Crippen LogP) is 3.75. The van der Waals surface area contributed by atoms with Gasteiger partial charge in [-0.1, -0.05) is 23.7 Å². The standard InChI is InChI=1S/C19H17ClN2O3/c1-13(23)2-3-14-4-8-17(9-5-14)25-12-19(24)22-16-7-6-15(11-21)18(20)10-16/h4-10H,2-3,12H2,1H3,(H,22,24). The van der Waals surface area contributed by atoms with E-state index >= 15 is 0 Å². The van der Waals surface area contributed by atoms with E-state index < -0.39 is 0 Å². The predicted molar refractivity (Wildman–Crippen MR) is 95.7 cm³/mol. The van der Waals surface area contributed by atoms with Crippen molar-refractivity contribution < 1.29 is 14.3 Å². The molecule has 128 valence electrons. The molecule has 0 heterocycles. The highest BCUT2D eigenvalue weighted by molar-refractivity contribution is 6.32. The monoisotopic (exact) mass is 356 g/mol. The number of hydrogen-bond donors (Lipinski definition) is 1. The van der Waals surface area contributed by atoms with E-state index in [9.17, 15) is 9.59 Å². The van der Waals surface area contributed by atoms with E-state index in [1.165, 1.54) is 6.07 Å². The number of amides is 1. The number of rotatable bonds is 7. The van der Waals surface area contributed by atoms with Crippen molar-refractivity contribution in [3.05, 3.63) is 58.6 Å².